The van der Waals surface area contributed by atoms with Gasteiger partial charge >= 0.3 is 5.97 Å². The van der Waals surface area contributed by atoms with Gasteiger partial charge in [-0.3, -0.25) is 0 Å². The molecule has 0 saturated heterocycles. The molecule has 0 saturated carbocycles. The minimum atomic E-state index is -0.924. The van der Waals surface area contributed by atoms with E-state index in [1.165, 1.54) is 23.5 Å². The molecule has 0 bridgehead atoms. The van der Waals surface area contributed by atoms with Crippen molar-refractivity contribution in [3.63, 3.8) is 0 Å². The summed E-state index contributed by atoms with van der Waals surface area (Å²) in [5, 5.41) is 8.79. The van der Waals surface area contributed by atoms with Crippen molar-refractivity contribution < 1.29 is 14.3 Å². The molecular weight excluding hydrogens is 251 g/mol. The van der Waals surface area contributed by atoms with Crippen molar-refractivity contribution >= 4 is 23.4 Å². The number of halogens is 1. The predicted octanol–water partition coefficient (Wildman–Crippen LogP) is 4.04. The minimum Gasteiger partial charge on any atom is -0.478 e. The zero-order valence-corrected chi connectivity index (χ0v) is 10.5. The molecule has 2 rings (SSSR count). The number of thiophene rings is 1. The quantitative estimate of drug-likeness (QED) is 0.847. The third-order valence-corrected chi connectivity index (χ3v) is 3.53. The maximum Gasteiger partial charge on any atom is 0.331 e. The lowest BCUT2D eigenvalue weighted by Gasteiger charge is -1.96. The summed E-state index contributed by atoms with van der Waals surface area (Å²) in [6.45, 7) is 1.56. The van der Waals surface area contributed by atoms with E-state index >= 15 is 0 Å². The van der Waals surface area contributed by atoms with Crippen molar-refractivity contribution in [1.82, 2.24) is 0 Å². The van der Waals surface area contributed by atoms with Crippen LogP contribution in [0.4, 0.5) is 4.39 Å². The lowest BCUT2D eigenvalue weighted by atomic mass is 10.2. The SMILES string of the molecule is CC(=Cc1ccc(-c2ccc(F)cc2)s1)C(=O)O. The van der Waals surface area contributed by atoms with E-state index in [0.29, 0.717) is 5.57 Å². The van der Waals surface area contributed by atoms with Crippen LogP contribution in [0.5, 0.6) is 0 Å². The van der Waals surface area contributed by atoms with Gasteiger partial charge in [-0.25, -0.2) is 9.18 Å². The summed E-state index contributed by atoms with van der Waals surface area (Å²) in [6.07, 6.45) is 1.63. The van der Waals surface area contributed by atoms with E-state index in [1.807, 2.05) is 12.1 Å². The number of carboxylic acid groups (broad SMARTS) is 1. The Bertz CT molecular complexity index is 597. The Hall–Kier alpha value is -1.94. The van der Waals surface area contributed by atoms with Crippen LogP contribution < -0.4 is 0 Å². The molecule has 2 aromatic rings. The topological polar surface area (TPSA) is 37.3 Å². The van der Waals surface area contributed by atoms with Crippen LogP contribution in [0.3, 0.4) is 0 Å². The number of carboxylic acids is 1. The molecule has 0 radical (unpaired) electrons. The molecule has 0 amide bonds. The second-order valence-electron chi connectivity index (χ2n) is 3.84. The monoisotopic (exact) mass is 262 g/mol. The maximum atomic E-state index is 12.8. The van der Waals surface area contributed by atoms with Gasteiger partial charge in [0.2, 0.25) is 0 Å². The van der Waals surface area contributed by atoms with Crippen LogP contribution in [-0.4, -0.2) is 11.1 Å². The number of hydrogen-bond donors (Lipinski definition) is 1. The Morgan fingerprint density at radius 1 is 1.22 bits per heavy atom. The fourth-order valence-electron chi connectivity index (χ4n) is 1.47. The molecule has 0 atom stereocenters. The van der Waals surface area contributed by atoms with Crippen molar-refractivity contribution in [1.29, 1.82) is 0 Å². The predicted molar refractivity (Wildman–Crippen MR) is 71.0 cm³/mol. The first kappa shape index (κ1) is 12.5. The van der Waals surface area contributed by atoms with E-state index in [-0.39, 0.29) is 5.82 Å². The Kier molecular flexibility index (Phi) is 3.58. The molecule has 0 unspecified atom stereocenters. The molecule has 0 fully saturated rings. The van der Waals surface area contributed by atoms with E-state index < -0.39 is 5.97 Å². The van der Waals surface area contributed by atoms with Crippen LogP contribution in [0.1, 0.15) is 11.8 Å². The third kappa shape index (κ3) is 2.84. The number of aliphatic carboxylic acids is 1. The molecule has 1 heterocycles. The molecule has 2 nitrogen and oxygen atoms in total. The van der Waals surface area contributed by atoms with E-state index in [2.05, 4.69) is 0 Å². The van der Waals surface area contributed by atoms with Crippen LogP contribution in [0.25, 0.3) is 16.5 Å². The summed E-state index contributed by atoms with van der Waals surface area (Å²) in [5.41, 5.74) is 1.22. The van der Waals surface area contributed by atoms with Gasteiger partial charge in [-0.15, -0.1) is 11.3 Å². The first-order valence-corrected chi connectivity index (χ1v) is 6.15. The van der Waals surface area contributed by atoms with Crippen molar-refractivity contribution in [2.75, 3.05) is 0 Å². The summed E-state index contributed by atoms with van der Waals surface area (Å²) < 4.78 is 12.8. The molecular formula is C14H11FO2S. The van der Waals surface area contributed by atoms with Gasteiger partial charge in [-0.1, -0.05) is 12.1 Å². The average Bonchev–Trinajstić information content (AvgIpc) is 2.78. The highest BCUT2D eigenvalue weighted by Crippen LogP contribution is 2.29. The van der Waals surface area contributed by atoms with Gasteiger partial charge in [-0.2, -0.15) is 0 Å². The minimum absolute atomic E-state index is 0.267. The molecule has 0 aliphatic rings. The van der Waals surface area contributed by atoms with Gasteiger partial charge in [0.05, 0.1) is 0 Å². The lowest BCUT2D eigenvalue weighted by molar-refractivity contribution is -0.132. The molecule has 1 N–H and O–H groups in total. The van der Waals surface area contributed by atoms with E-state index in [9.17, 15) is 9.18 Å². The Balaban J connectivity index is 2.28. The molecule has 1 aromatic carbocycles. The second-order valence-corrected chi connectivity index (χ2v) is 4.96. The van der Waals surface area contributed by atoms with Gasteiger partial charge in [0, 0.05) is 15.3 Å². The fraction of sp³-hybridized carbons (Fsp3) is 0.0714. The average molecular weight is 262 g/mol. The second kappa shape index (κ2) is 5.14. The van der Waals surface area contributed by atoms with Crippen LogP contribution in [0.2, 0.25) is 0 Å². The first-order valence-electron chi connectivity index (χ1n) is 5.33. The number of benzene rings is 1. The van der Waals surface area contributed by atoms with E-state index in [0.717, 1.165) is 15.3 Å². The highest BCUT2D eigenvalue weighted by molar-refractivity contribution is 7.16. The number of hydrogen-bond acceptors (Lipinski definition) is 2. The first-order chi connectivity index (χ1) is 8.56. The Labute approximate surface area is 108 Å². The highest BCUT2D eigenvalue weighted by atomic mass is 32.1. The van der Waals surface area contributed by atoms with E-state index in [4.69, 9.17) is 5.11 Å². The zero-order valence-electron chi connectivity index (χ0n) is 9.68. The van der Waals surface area contributed by atoms with E-state index in [1.54, 1.807) is 25.1 Å². The van der Waals surface area contributed by atoms with Crippen LogP contribution in [0.15, 0.2) is 42.0 Å². The normalized spacial score (nSPS) is 11.6. The maximum absolute atomic E-state index is 12.8. The van der Waals surface area contributed by atoms with Gasteiger partial charge in [-0.05, 0) is 42.8 Å². The van der Waals surface area contributed by atoms with Crippen molar-refractivity contribution in [2.45, 2.75) is 6.92 Å². The smallest absolute Gasteiger partial charge is 0.331 e. The number of carbonyl (C=O) groups is 1. The molecule has 0 spiro atoms. The highest BCUT2D eigenvalue weighted by Gasteiger charge is 2.04. The summed E-state index contributed by atoms with van der Waals surface area (Å²) in [4.78, 5) is 12.6. The molecule has 0 aliphatic heterocycles. The molecule has 92 valence electrons. The fourth-order valence-corrected chi connectivity index (χ4v) is 2.49. The zero-order chi connectivity index (χ0) is 13.1. The lowest BCUT2D eigenvalue weighted by Crippen LogP contribution is -1.94. The Morgan fingerprint density at radius 2 is 1.89 bits per heavy atom. The van der Waals surface area contributed by atoms with Crippen LogP contribution >= 0.6 is 11.3 Å². The third-order valence-electron chi connectivity index (χ3n) is 2.45. The molecule has 4 heteroatoms. The number of rotatable bonds is 3. The van der Waals surface area contributed by atoms with Gasteiger partial charge in [0.1, 0.15) is 5.82 Å². The van der Waals surface area contributed by atoms with Crippen molar-refractivity contribution in [2.24, 2.45) is 0 Å². The largest absolute Gasteiger partial charge is 0.478 e. The van der Waals surface area contributed by atoms with Gasteiger partial charge in [0.15, 0.2) is 0 Å². The Morgan fingerprint density at radius 3 is 2.50 bits per heavy atom. The van der Waals surface area contributed by atoms with Gasteiger partial charge in [0.25, 0.3) is 0 Å². The standard InChI is InChI=1S/C14H11FO2S/c1-9(14(16)17)8-12-6-7-13(18-12)10-2-4-11(15)5-3-10/h2-8H,1H3,(H,16,17). The van der Waals surface area contributed by atoms with Crippen molar-refractivity contribution in [3.8, 4) is 10.4 Å². The summed E-state index contributed by atoms with van der Waals surface area (Å²) in [6, 6.07) is 9.99. The summed E-state index contributed by atoms with van der Waals surface area (Å²) in [5.74, 6) is -1.19. The summed E-state index contributed by atoms with van der Waals surface area (Å²) >= 11 is 1.48. The van der Waals surface area contributed by atoms with Crippen LogP contribution in [-0.2, 0) is 4.79 Å². The molecule has 0 aliphatic carbocycles. The summed E-state index contributed by atoms with van der Waals surface area (Å²) in [7, 11) is 0. The van der Waals surface area contributed by atoms with Crippen molar-refractivity contribution in [3.05, 3.63) is 52.7 Å². The molecule has 1 aromatic heterocycles. The van der Waals surface area contributed by atoms with Gasteiger partial charge < -0.3 is 5.11 Å². The van der Waals surface area contributed by atoms with Crippen LogP contribution in [0, 0.1) is 5.82 Å². The molecule has 18 heavy (non-hydrogen) atoms.